The minimum absolute atomic E-state index is 0.210. The fourth-order valence-corrected chi connectivity index (χ4v) is 3.91. The Morgan fingerprint density at radius 3 is 1.97 bits per heavy atom. The molecule has 194 valence electrons. The predicted molar refractivity (Wildman–Crippen MR) is 121 cm³/mol. The number of rotatable bonds is 7. The molecule has 2 aromatic rings. The number of nitrogens with zero attached hydrogens (tertiary/aromatic N) is 1. The Kier molecular flexibility index (Phi) is 8.30. The monoisotopic (exact) mass is 505 g/mol. The SMILES string of the molecule is CC(=O)OC[C@H]1O[C@@H](Oc2cn(C(C)=O)c3ccccc23)[C@@H](OC(C)=O)[C@@H](OC(C)=O)[C@@H]1OC(C)=O. The number of ether oxygens (including phenoxy) is 6. The maximum absolute atomic E-state index is 12.1. The zero-order valence-corrected chi connectivity index (χ0v) is 20.4. The zero-order chi connectivity index (χ0) is 26.6. The van der Waals surface area contributed by atoms with Crippen LogP contribution in [0.25, 0.3) is 10.9 Å². The lowest BCUT2D eigenvalue weighted by Crippen LogP contribution is -2.63. The van der Waals surface area contributed by atoms with Crippen molar-refractivity contribution in [1.29, 1.82) is 0 Å². The van der Waals surface area contributed by atoms with Gasteiger partial charge in [-0.15, -0.1) is 0 Å². The molecule has 1 fully saturated rings. The van der Waals surface area contributed by atoms with Crippen molar-refractivity contribution < 1.29 is 52.4 Å². The van der Waals surface area contributed by atoms with E-state index in [2.05, 4.69) is 0 Å². The Morgan fingerprint density at radius 1 is 0.806 bits per heavy atom. The molecule has 0 saturated carbocycles. The molecular weight excluding hydrogens is 478 g/mol. The summed E-state index contributed by atoms with van der Waals surface area (Å²) >= 11 is 0. The Hall–Kier alpha value is -3.93. The summed E-state index contributed by atoms with van der Waals surface area (Å²) < 4.78 is 34.6. The number of hydrogen-bond acceptors (Lipinski definition) is 11. The summed E-state index contributed by atoms with van der Waals surface area (Å²) in [5, 5.41) is 0.556. The van der Waals surface area contributed by atoms with Crippen LogP contribution in [-0.4, -0.2) is 71.7 Å². The first kappa shape index (κ1) is 26.7. The summed E-state index contributed by atoms with van der Waals surface area (Å²) in [5.41, 5.74) is 0.561. The number of carbonyl (C=O) groups excluding carboxylic acids is 5. The number of hydrogen-bond donors (Lipinski definition) is 0. The van der Waals surface area contributed by atoms with Gasteiger partial charge in [-0.25, -0.2) is 0 Å². The number of fused-ring (bicyclic) bond motifs is 1. The van der Waals surface area contributed by atoms with Crippen molar-refractivity contribution in [2.24, 2.45) is 0 Å². The van der Waals surface area contributed by atoms with Crippen molar-refractivity contribution in [3.05, 3.63) is 30.5 Å². The minimum atomic E-state index is -1.41. The van der Waals surface area contributed by atoms with Crippen molar-refractivity contribution in [2.75, 3.05) is 6.61 Å². The molecule has 3 rings (SSSR count). The molecule has 0 bridgehead atoms. The first-order valence-electron chi connectivity index (χ1n) is 11.1. The Labute approximate surface area is 206 Å². The number of benzene rings is 1. The summed E-state index contributed by atoms with van der Waals surface area (Å²) in [5.74, 6) is -2.94. The van der Waals surface area contributed by atoms with Crippen LogP contribution in [0.4, 0.5) is 0 Å². The third kappa shape index (κ3) is 6.19. The Morgan fingerprint density at radius 2 is 1.39 bits per heavy atom. The smallest absolute Gasteiger partial charge is 0.303 e. The summed E-state index contributed by atoms with van der Waals surface area (Å²) in [6.45, 7) is 5.57. The standard InChI is InChI=1S/C24H27NO11/c1-12(26)25-10-19(17-8-6-7-9-18(17)25)35-24-23(34-16(5)30)22(33-15(4)29)21(32-14(3)28)20(36-24)11-31-13(2)27/h6-10,20-24H,11H2,1-5H3/t20-,21-,22+,23+,24-/m1/s1. The van der Waals surface area contributed by atoms with Gasteiger partial charge in [-0.3, -0.25) is 28.5 Å². The van der Waals surface area contributed by atoms with Crippen LogP contribution in [0, 0.1) is 0 Å². The van der Waals surface area contributed by atoms with Crippen molar-refractivity contribution in [3.8, 4) is 5.75 Å². The van der Waals surface area contributed by atoms with Gasteiger partial charge < -0.3 is 28.4 Å². The first-order valence-corrected chi connectivity index (χ1v) is 11.1. The van der Waals surface area contributed by atoms with Crippen LogP contribution in [0.1, 0.15) is 39.4 Å². The molecule has 0 unspecified atom stereocenters. The van der Waals surface area contributed by atoms with Crippen molar-refractivity contribution in [3.63, 3.8) is 0 Å². The normalized spacial score (nSPS) is 23.4. The van der Waals surface area contributed by atoms with E-state index in [0.29, 0.717) is 10.9 Å². The van der Waals surface area contributed by atoms with Crippen LogP contribution in [0.5, 0.6) is 5.75 Å². The lowest BCUT2D eigenvalue weighted by atomic mass is 9.98. The van der Waals surface area contributed by atoms with E-state index in [1.807, 2.05) is 0 Å². The van der Waals surface area contributed by atoms with Gasteiger partial charge in [-0.05, 0) is 12.1 Å². The van der Waals surface area contributed by atoms with Crippen LogP contribution >= 0.6 is 0 Å². The Bertz CT molecular complexity index is 1170. The second kappa shape index (κ2) is 11.2. The van der Waals surface area contributed by atoms with E-state index in [0.717, 1.165) is 20.8 Å². The third-order valence-corrected chi connectivity index (χ3v) is 5.21. The van der Waals surface area contributed by atoms with Crippen LogP contribution in [0.2, 0.25) is 0 Å². The summed E-state index contributed by atoms with van der Waals surface area (Å²) in [6.07, 6.45) is -5.16. The lowest BCUT2D eigenvalue weighted by Gasteiger charge is -2.43. The highest BCUT2D eigenvalue weighted by molar-refractivity contribution is 5.95. The van der Waals surface area contributed by atoms with Gasteiger partial charge in [0.15, 0.2) is 12.2 Å². The minimum Gasteiger partial charge on any atom is -0.463 e. The highest BCUT2D eigenvalue weighted by atomic mass is 16.7. The van der Waals surface area contributed by atoms with E-state index in [-0.39, 0.29) is 18.3 Å². The fourth-order valence-electron chi connectivity index (χ4n) is 3.91. The van der Waals surface area contributed by atoms with Crippen LogP contribution in [0.15, 0.2) is 30.5 Å². The lowest BCUT2D eigenvalue weighted by molar-refractivity contribution is -0.288. The molecule has 36 heavy (non-hydrogen) atoms. The van der Waals surface area contributed by atoms with Gasteiger partial charge in [0.05, 0.1) is 11.7 Å². The molecule has 0 spiro atoms. The van der Waals surface area contributed by atoms with Crippen LogP contribution in [-0.2, 0) is 42.9 Å². The average Bonchev–Trinajstić information content (AvgIpc) is 3.14. The van der Waals surface area contributed by atoms with E-state index in [1.54, 1.807) is 24.3 Å². The fraction of sp³-hybridized carbons (Fsp3) is 0.458. The number of para-hydroxylation sites is 1. The summed E-state index contributed by atoms with van der Waals surface area (Å²) in [7, 11) is 0. The van der Waals surface area contributed by atoms with Gasteiger partial charge >= 0.3 is 23.9 Å². The molecular formula is C24H27NO11. The van der Waals surface area contributed by atoms with Gasteiger partial charge in [-0.2, -0.15) is 0 Å². The molecule has 1 aliphatic rings. The maximum Gasteiger partial charge on any atom is 0.303 e. The van der Waals surface area contributed by atoms with E-state index in [1.165, 1.54) is 24.6 Å². The van der Waals surface area contributed by atoms with Crippen LogP contribution in [0.3, 0.4) is 0 Å². The second-order valence-electron chi connectivity index (χ2n) is 8.09. The van der Waals surface area contributed by atoms with E-state index in [9.17, 15) is 24.0 Å². The predicted octanol–water partition coefficient (Wildman–Crippen LogP) is 1.76. The highest BCUT2D eigenvalue weighted by Crippen LogP contribution is 2.34. The third-order valence-electron chi connectivity index (χ3n) is 5.21. The molecule has 12 heteroatoms. The topological polar surface area (TPSA) is 146 Å². The van der Waals surface area contributed by atoms with Crippen molar-refractivity contribution in [1.82, 2.24) is 4.57 Å². The molecule has 1 saturated heterocycles. The first-order chi connectivity index (χ1) is 17.0. The highest BCUT2D eigenvalue weighted by Gasteiger charge is 2.53. The molecule has 5 atom stereocenters. The van der Waals surface area contributed by atoms with E-state index >= 15 is 0 Å². The van der Waals surface area contributed by atoms with E-state index in [4.69, 9.17) is 28.4 Å². The average molecular weight is 505 g/mol. The van der Waals surface area contributed by atoms with E-state index < -0.39 is 54.6 Å². The molecule has 0 N–H and O–H groups in total. The maximum atomic E-state index is 12.1. The second-order valence-corrected chi connectivity index (χ2v) is 8.09. The van der Waals surface area contributed by atoms with Gasteiger partial charge in [0, 0.05) is 40.0 Å². The van der Waals surface area contributed by atoms with Gasteiger partial charge in [0.1, 0.15) is 18.5 Å². The molecule has 12 nitrogen and oxygen atoms in total. The molecule has 0 aliphatic carbocycles. The Balaban J connectivity index is 2.07. The quantitative estimate of drug-likeness (QED) is 0.401. The summed E-state index contributed by atoms with van der Waals surface area (Å²) in [4.78, 5) is 59.4. The van der Waals surface area contributed by atoms with Gasteiger partial charge in [0.2, 0.25) is 18.3 Å². The van der Waals surface area contributed by atoms with Crippen molar-refractivity contribution >= 4 is 40.7 Å². The number of esters is 4. The van der Waals surface area contributed by atoms with Gasteiger partial charge in [-0.1, -0.05) is 12.1 Å². The number of aromatic nitrogens is 1. The molecule has 1 aliphatic heterocycles. The molecule has 1 aromatic carbocycles. The largest absolute Gasteiger partial charge is 0.463 e. The van der Waals surface area contributed by atoms with Crippen molar-refractivity contribution in [2.45, 2.75) is 65.3 Å². The molecule has 0 amide bonds. The summed E-state index contributed by atoms with van der Waals surface area (Å²) in [6, 6.07) is 6.93. The molecule has 2 heterocycles. The molecule has 1 aromatic heterocycles. The number of carbonyl (C=O) groups is 5. The zero-order valence-electron chi connectivity index (χ0n) is 20.4. The van der Waals surface area contributed by atoms with Crippen LogP contribution < -0.4 is 4.74 Å². The van der Waals surface area contributed by atoms with Gasteiger partial charge in [0.25, 0.3) is 0 Å². The molecule has 0 radical (unpaired) electrons.